The summed E-state index contributed by atoms with van der Waals surface area (Å²) in [4.78, 5) is 0. The Labute approximate surface area is 96.4 Å². The maximum atomic E-state index is 8.89. The maximum absolute atomic E-state index is 8.89. The molecular weight excluding hydrogens is 194 g/mol. The van der Waals surface area contributed by atoms with Gasteiger partial charge in [0.2, 0.25) is 0 Å². The number of hydrogen-bond donors (Lipinski definition) is 0. The van der Waals surface area contributed by atoms with Crippen molar-refractivity contribution < 1.29 is 0 Å². The van der Waals surface area contributed by atoms with Crippen molar-refractivity contribution >= 4 is 5.57 Å². The van der Waals surface area contributed by atoms with Crippen LogP contribution >= 0.6 is 0 Å². The van der Waals surface area contributed by atoms with Crippen molar-refractivity contribution in [1.29, 1.82) is 5.26 Å². The highest BCUT2D eigenvalue weighted by Gasteiger charge is 2.39. The third-order valence-electron chi connectivity index (χ3n) is 4.03. The standard InChI is InChI=1S/C15H15N/c16-10-7-12-11-15(8-3-4-9-15)14-6-2-1-5-13(12)14/h1-2,5-6,11H,3-4,7-9H2. The molecule has 0 atom stereocenters. The predicted molar refractivity (Wildman–Crippen MR) is 64.8 cm³/mol. The highest BCUT2D eigenvalue weighted by atomic mass is 14.4. The monoisotopic (exact) mass is 209 g/mol. The van der Waals surface area contributed by atoms with E-state index in [2.05, 4.69) is 36.4 Å². The SMILES string of the molecule is N#CCC1=CC2(CCCC2)c2ccccc21. The van der Waals surface area contributed by atoms with Crippen LogP contribution in [0, 0.1) is 11.3 Å². The second kappa shape index (κ2) is 3.49. The van der Waals surface area contributed by atoms with E-state index >= 15 is 0 Å². The first-order chi connectivity index (χ1) is 7.86. The van der Waals surface area contributed by atoms with Gasteiger partial charge in [-0.2, -0.15) is 5.26 Å². The van der Waals surface area contributed by atoms with Gasteiger partial charge in [-0.05, 0) is 29.5 Å². The van der Waals surface area contributed by atoms with Crippen LogP contribution in [0.15, 0.2) is 30.3 Å². The van der Waals surface area contributed by atoms with Crippen LogP contribution in [-0.4, -0.2) is 0 Å². The first kappa shape index (κ1) is 9.66. The number of fused-ring (bicyclic) bond motifs is 2. The highest BCUT2D eigenvalue weighted by Crippen LogP contribution is 2.50. The van der Waals surface area contributed by atoms with Crippen molar-refractivity contribution in [2.45, 2.75) is 37.5 Å². The Hall–Kier alpha value is -1.55. The minimum Gasteiger partial charge on any atom is -0.198 e. The van der Waals surface area contributed by atoms with E-state index in [0.29, 0.717) is 6.42 Å². The molecule has 80 valence electrons. The van der Waals surface area contributed by atoms with Gasteiger partial charge in [0.1, 0.15) is 0 Å². The molecule has 1 spiro atoms. The smallest absolute Gasteiger partial charge is 0.0669 e. The molecule has 0 bridgehead atoms. The minimum absolute atomic E-state index is 0.281. The Morgan fingerprint density at radius 2 is 1.94 bits per heavy atom. The third kappa shape index (κ3) is 1.23. The molecule has 0 aromatic heterocycles. The molecule has 1 heteroatoms. The molecule has 0 N–H and O–H groups in total. The first-order valence-corrected chi connectivity index (χ1v) is 6.04. The Morgan fingerprint density at radius 1 is 1.19 bits per heavy atom. The summed E-state index contributed by atoms with van der Waals surface area (Å²) in [6.07, 6.45) is 8.11. The summed E-state index contributed by atoms with van der Waals surface area (Å²) < 4.78 is 0. The van der Waals surface area contributed by atoms with Gasteiger partial charge in [0.15, 0.2) is 0 Å². The summed E-state index contributed by atoms with van der Waals surface area (Å²) in [5.74, 6) is 0. The molecule has 2 aliphatic carbocycles. The number of rotatable bonds is 1. The van der Waals surface area contributed by atoms with Crippen LogP contribution in [0.4, 0.5) is 0 Å². The Morgan fingerprint density at radius 3 is 2.69 bits per heavy atom. The van der Waals surface area contributed by atoms with Gasteiger partial charge in [0.05, 0.1) is 12.5 Å². The zero-order chi connectivity index (χ0) is 11.0. The van der Waals surface area contributed by atoms with Crippen molar-refractivity contribution in [1.82, 2.24) is 0 Å². The molecule has 1 nitrogen and oxygen atoms in total. The molecule has 3 rings (SSSR count). The lowest BCUT2D eigenvalue weighted by molar-refractivity contribution is 0.567. The van der Waals surface area contributed by atoms with Crippen LogP contribution in [0.1, 0.15) is 43.2 Å². The first-order valence-electron chi connectivity index (χ1n) is 6.04. The van der Waals surface area contributed by atoms with Crippen LogP contribution in [0.5, 0.6) is 0 Å². The van der Waals surface area contributed by atoms with Crippen LogP contribution in [0.2, 0.25) is 0 Å². The average molecular weight is 209 g/mol. The van der Waals surface area contributed by atoms with Crippen molar-refractivity contribution in [2.75, 3.05) is 0 Å². The van der Waals surface area contributed by atoms with Crippen molar-refractivity contribution in [3.63, 3.8) is 0 Å². The van der Waals surface area contributed by atoms with E-state index in [4.69, 9.17) is 5.26 Å². The predicted octanol–water partition coefficient (Wildman–Crippen LogP) is 3.81. The largest absolute Gasteiger partial charge is 0.198 e. The van der Waals surface area contributed by atoms with Gasteiger partial charge in [0, 0.05) is 5.41 Å². The molecular formula is C15H15N. The van der Waals surface area contributed by atoms with Gasteiger partial charge in [-0.1, -0.05) is 43.2 Å². The number of hydrogen-bond acceptors (Lipinski definition) is 1. The van der Waals surface area contributed by atoms with Crippen LogP contribution in [0.25, 0.3) is 5.57 Å². The van der Waals surface area contributed by atoms with Gasteiger partial charge >= 0.3 is 0 Å². The molecule has 1 fully saturated rings. The van der Waals surface area contributed by atoms with E-state index in [0.717, 1.165) is 0 Å². The van der Waals surface area contributed by atoms with Gasteiger partial charge in [-0.15, -0.1) is 0 Å². The summed E-state index contributed by atoms with van der Waals surface area (Å²) in [6.45, 7) is 0. The van der Waals surface area contributed by atoms with Crippen LogP contribution < -0.4 is 0 Å². The summed E-state index contributed by atoms with van der Waals surface area (Å²) >= 11 is 0. The van der Waals surface area contributed by atoms with Crippen molar-refractivity contribution in [3.05, 3.63) is 41.5 Å². The van der Waals surface area contributed by atoms with Crippen LogP contribution in [0.3, 0.4) is 0 Å². The second-order valence-electron chi connectivity index (χ2n) is 4.91. The van der Waals surface area contributed by atoms with E-state index in [1.54, 1.807) is 0 Å². The second-order valence-corrected chi connectivity index (χ2v) is 4.91. The average Bonchev–Trinajstić information content (AvgIpc) is 2.89. The fraction of sp³-hybridized carbons (Fsp3) is 0.400. The molecule has 1 aromatic carbocycles. The maximum Gasteiger partial charge on any atom is 0.0669 e. The lowest BCUT2D eigenvalue weighted by atomic mass is 9.81. The topological polar surface area (TPSA) is 23.8 Å². The Bertz CT molecular complexity index is 484. The number of nitrogens with zero attached hydrogens (tertiary/aromatic N) is 1. The number of nitriles is 1. The molecule has 0 amide bonds. The number of benzene rings is 1. The zero-order valence-electron chi connectivity index (χ0n) is 9.37. The van der Waals surface area contributed by atoms with E-state index in [9.17, 15) is 0 Å². The van der Waals surface area contributed by atoms with Gasteiger partial charge < -0.3 is 0 Å². The highest BCUT2D eigenvalue weighted by molar-refractivity contribution is 5.77. The third-order valence-corrected chi connectivity index (χ3v) is 4.03. The van der Waals surface area contributed by atoms with E-state index in [-0.39, 0.29) is 5.41 Å². The summed E-state index contributed by atoms with van der Waals surface area (Å²) in [5.41, 5.74) is 4.33. The van der Waals surface area contributed by atoms with E-state index in [1.165, 1.54) is 42.4 Å². The van der Waals surface area contributed by atoms with E-state index < -0.39 is 0 Å². The Balaban J connectivity index is 2.14. The fourth-order valence-corrected chi connectivity index (χ4v) is 3.34. The van der Waals surface area contributed by atoms with Crippen molar-refractivity contribution in [3.8, 4) is 6.07 Å². The molecule has 1 aromatic rings. The summed E-state index contributed by atoms with van der Waals surface area (Å²) in [7, 11) is 0. The molecule has 0 heterocycles. The van der Waals surface area contributed by atoms with Crippen molar-refractivity contribution in [2.24, 2.45) is 0 Å². The number of allylic oxidation sites excluding steroid dienone is 2. The van der Waals surface area contributed by atoms with Gasteiger partial charge in [0.25, 0.3) is 0 Å². The van der Waals surface area contributed by atoms with Crippen LogP contribution in [-0.2, 0) is 5.41 Å². The molecule has 0 aliphatic heterocycles. The molecule has 0 radical (unpaired) electrons. The minimum atomic E-state index is 0.281. The fourth-order valence-electron chi connectivity index (χ4n) is 3.34. The van der Waals surface area contributed by atoms with Gasteiger partial charge in [-0.25, -0.2) is 0 Å². The van der Waals surface area contributed by atoms with E-state index in [1.807, 2.05) is 0 Å². The summed E-state index contributed by atoms with van der Waals surface area (Å²) in [5, 5.41) is 8.89. The molecule has 2 aliphatic rings. The molecule has 0 unspecified atom stereocenters. The normalized spacial score (nSPS) is 20.6. The quantitative estimate of drug-likeness (QED) is 0.690. The van der Waals surface area contributed by atoms with Gasteiger partial charge in [-0.3, -0.25) is 0 Å². The lowest BCUT2D eigenvalue weighted by Gasteiger charge is -2.22. The molecule has 1 saturated carbocycles. The molecule has 0 saturated heterocycles. The summed E-state index contributed by atoms with van der Waals surface area (Å²) in [6, 6.07) is 10.9. The Kier molecular flexibility index (Phi) is 2.11. The lowest BCUT2D eigenvalue weighted by Crippen LogP contribution is -2.16. The zero-order valence-corrected chi connectivity index (χ0v) is 9.37. The molecule has 16 heavy (non-hydrogen) atoms.